The van der Waals surface area contributed by atoms with Crippen molar-refractivity contribution in [2.24, 2.45) is 0 Å². The van der Waals surface area contributed by atoms with Crippen LogP contribution in [0.3, 0.4) is 0 Å². The fourth-order valence-electron chi connectivity index (χ4n) is 3.09. The molecule has 0 aromatic heterocycles. The summed E-state index contributed by atoms with van der Waals surface area (Å²) in [7, 11) is -3.36. The van der Waals surface area contributed by atoms with Crippen molar-refractivity contribution in [3.05, 3.63) is 54.1 Å². The summed E-state index contributed by atoms with van der Waals surface area (Å²) in [6.07, 6.45) is 1.11. The predicted octanol–water partition coefficient (Wildman–Crippen LogP) is 3.98. The van der Waals surface area contributed by atoms with Crippen molar-refractivity contribution < 1.29 is 13.2 Å². The van der Waals surface area contributed by atoms with E-state index in [1.165, 1.54) is 0 Å². The fraction of sp³-hybridized carbons (Fsp3) is 0.350. The zero-order valence-corrected chi connectivity index (χ0v) is 16.7. The van der Waals surface area contributed by atoms with Crippen molar-refractivity contribution in [1.82, 2.24) is 4.90 Å². The van der Waals surface area contributed by atoms with Crippen LogP contribution in [0.4, 0.5) is 5.69 Å². The number of benzene rings is 2. The average Bonchev–Trinajstić information content (AvgIpc) is 2.52. The first-order chi connectivity index (χ1) is 12.1. The van der Waals surface area contributed by atoms with E-state index in [1.54, 1.807) is 18.2 Å². The van der Waals surface area contributed by atoms with Crippen LogP contribution in [-0.4, -0.2) is 37.6 Å². The molecule has 1 N–H and O–H groups in total. The molecule has 1 amide bonds. The summed E-state index contributed by atoms with van der Waals surface area (Å²) in [5.41, 5.74) is 2.64. The third kappa shape index (κ3) is 4.85. The highest BCUT2D eigenvalue weighted by Gasteiger charge is 2.24. The van der Waals surface area contributed by atoms with Gasteiger partial charge in [0, 0.05) is 23.3 Å². The predicted molar refractivity (Wildman–Crippen MR) is 107 cm³/mol. The Bertz CT molecular complexity index is 881. The van der Waals surface area contributed by atoms with E-state index in [1.807, 2.05) is 62.9 Å². The minimum Gasteiger partial charge on any atom is -0.334 e. The summed E-state index contributed by atoms with van der Waals surface area (Å²) < 4.78 is 25.5. The summed E-state index contributed by atoms with van der Waals surface area (Å²) in [4.78, 5) is 15.0. The molecule has 0 unspecified atom stereocenters. The maximum atomic E-state index is 13.2. The highest BCUT2D eigenvalue weighted by Crippen LogP contribution is 2.28. The minimum absolute atomic E-state index is 0.0351. The van der Waals surface area contributed by atoms with Crippen LogP contribution in [0.1, 0.15) is 38.1 Å². The molecule has 0 aliphatic carbocycles. The first kappa shape index (κ1) is 20.0. The number of nitrogens with one attached hydrogen (secondary N) is 1. The summed E-state index contributed by atoms with van der Waals surface area (Å²) in [5, 5.41) is 0. The molecule has 140 valence electrons. The molecule has 2 aromatic rings. The summed E-state index contributed by atoms with van der Waals surface area (Å²) >= 11 is 0. The zero-order chi connectivity index (χ0) is 19.5. The van der Waals surface area contributed by atoms with Crippen LogP contribution in [0.25, 0.3) is 11.1 Å². The molecular weight excluding hydrogens is 348 g/mol. The van der Waals surface area contributed by atoms with Crippen LogP contribution in [0.2, 0.25) is 0 Å². The van der Waals surface area contributed by atoms with Gasteiger partial charge in [0.05, 0.1) is 6.26 Å². The Morgan fingerprint density at radius 1 is 0.962 bits per heavy atom. The van der Waals surface area contributed by atoms with Gasteiger partial charge < -0.3 is 4.90 Å². The number of nitrogens with zero attached hydrogens (tertiary/aromatic N) is 1. The Morgan fingerprint density at radius 2 is 1.58 bits per heavy atom. The SMILES string of the molecule is CC(C)N(C(=O)c1ccccc1-c1cccc(NS(C)(=O)=O)c1)C(C)C. The quantitative estimate of drug-likeness (QED) is 0.831. The molecule has 0 radical (unpaired) electrons. The maximum Gasteiger partial charge on any atom is 0.254 e. The van der Waals surface area contributed by atoms with Gasteiger partial charge in [-0.3, -0.25) is 9.52 Å². The van der Waals surface area contributed by atoms with Crippen LogP contribution in [0.15, 0.2) is 48.5 Å². The molecule has 0 aliphatic heterocycles. The lowest BCUT2D eigenvalue weighted by Crippen LogP contribution is -2.42. The Labute approximate surface area is 156 Å². The van der Waals surface area contributed by atoms with E-state index in [0.717, 1.165) is 17.4 Å². The fourth-order valence-corrected chi connectivity index (χ4v) is 3.65. The molecule has 0 atom stereocenters. The smallest absolute Gasteiger partial charge is 0.254 e. The standard InChI is InChI=1S/C20H26N2O3S/c1-14(2)22(15(3)4)20(23)19-12-7-6-11-18(19)16-9-8-10-17(13-16)21-26(5,24)25/h6-15,21H,1-5H3. The average molecular weight is 375 g/mol. The minimum atomic E-state index is -3.36. The lowest BCUT2D eigenvalue weighted by molar-refractivity contribution is 0.0644. The van der Waals surface area contributed by atoms with E-state index in [2.05, 4.69) is 4.72 Å². The molecule has 26 heavy (non-hydrogen) atoms. The third-order valence-electron chi connectivity index (χ3n) is 3.98. The summed E-state index contributed by atoms with van der Waals surface area (Å²) in [5.74, 6) is -0.0351. The van der Waals surface area contributed by atoms with Crippen molar-refractivity contribution in [2.75, 3.05) is 11.0 Å². The molecule has 2 aromatic carbocycles. The monoisotopic (exact) mass is 374 g/mol. The molecule has 0 fully saturated rings. The molecular formula is C20H26N2O3S. The van der Waals surface area contributed by atoms with E-state index in [9.17, 15) is 13.2 Å². The molecule has 0 saturated carbocycles. The van der Waals surface area contributed by atoms with Crippen molar-refractivity contribution in [3.63, 3.8) is 0 Å². The molecule has 2 rings (SSSR count). The van der Waals surface area contributed by atoms with E-state index in [0.29, 0.717) is 11.3 Å². The number of sulfonamides is 1. The molecule has 0 heterocycles. The van der Waals surface area contributed by atoms with Gasteiger partial charge in [-0.1, -0.05) is 30.3 Å². The van der Waals surface area contributed by atoms with Gasteiger partial charge in [0.15, 0.2) is 0 Å². The van der Waals surface area contributed by atoms with E-state index in [-0.39, 0.29) is 18.0 Å². The first-order valence-electron chi connectivity index (χ1n) is 8.60. The van der Waals surface area contributed by atoms with Crippen LogP contribution in [-0.2, 0) is 10.0 Å². The molecule has 6 heteroatoms. The maximum absolute atomic E-state index is 13.2. The topological polar surface area (TPSA) is 66.5 Å². The van der Waals surface area contributed by atoms with Crippen molar-refractivity contribution in [1.29, 1.82) is 0 Å². The first-order valence-corrected chi connectivity index (χ1v) is 10.5. The Hall–Kier alpha value is -2.34. The Kier molecular flexibility index (Phi) is 6.08. The highest BCUT2D eigenvalue weighted by atomic mass is 32.2. The van der Waals surface area contributed by atoms with Gasteiger partial charge in [-0.15, -0.1) is 0 Å². The normalized spacial score (nSPS) is 11.7. The zero-order valence-electron chi connectivity index (χ0n) is 15.9. The number of anilines is 1. The molecule has 0 spiro atoms. The molecule has 0 saturated heterocycles. The number of carbonyl (C=O) groups is 1. The second-order valence-corrected chi connectivity index (χ2v) is 8.65. The number of carbonyl (C=O) groups excluding carboxylic acids is 1. The van der Waals surface area contributed by atoms with Crippen LogP contribution >= 0.6 is 0 Å². The van der Waals surface area contributed by atoms with Gasteiger partial charge in [-0.05, 0) is 57.0 Å². The second-order valence-electron chi connectivity index (χ2n) is 6.90. The van der Waals surface area contributed by atoms with Gasteiger partial charge in [0.1, 0.15) is 0 Å². The molecule has 0 aliphatic rings. The lowest BCUT2D eigenvalue weighted by atomic mass is 9.97. The Balaban J connectivity index is 2.50. The highest BCUT2D eigenvalue weighted by molar-refractivity contribution is 7.92. The number of rotatable bonds is 6. The summed E-state index contributed by atoms with van der Waals surface area (Å²) in [6, 6.07) is 14.6. The summed E-state index contributed by atoms with van der Waals surface area (Å²) in [6.45, 7) is 7.99. The third-order valence-corrected chi connectivity index (χ3v) is 4.59. The Morgan fingerprint density at radius 3 is 2.15 bits per heavy atom. The number of amides is 1. The van der Waals surface area contributed by atoms with Gasteiger partial charge in [0.2, 0.25) is 10.0 Å². The number of hydrogen-bond donors (Lipinski definition) is 1. The molecule has 0 bridgehead atoms. The van der Waals surface area contributed by atoms with Crippen molar-refractivity contribution in [3.8, 4) is 11.1 Å². The van der Waals surface area contributed by atoms with Gasteiger partial charge >= 0.3 is 0 Å². The van der Waals surface area contributed by atoms with Crippen LogP contribution < -0.4 is 4.72 Å². The van der Waals surface area contributed by atoms with Gasteiger partial charge in [-0.2, -0.15) is 0 Å². The van der Waals surface area contributed by atoms with E-state index < -0.39 is 10.0 Å². The lowest BCUT2D eigenvalue weighted by Gasteiger charge is -2.31. The van der Waals surface area contributed by atoms with Gasteiger partial charge in [0.25, 0.3) is 5.91 Å². The number of hydrogen-bond acceptors (Lipinski definition) is 3. The van der Waals surface area contributed by atoms with Crippen molar-refractivity contribution in [2.45, 2.75) is 39.8 Å². The van der Waals surface area contributed by atoms with Crippen molar-refractivity contribution >= 4 is 21.6 Å². The molecule has 5 nitrogen and oxygen atoms in total. The second kappa shape index (κ2) is 7.91. The van der Waals surface area contributed by atoms with Gasteiger partial charge in [-0.25, -0.2) is 8.42 Å². The van der Waals surface area contributed by atoms with E-state index in [4.69, 9.17) is 0 Å². The van der Waals surface area contributed by atoms with E-state index >= 15 is 0 Å². The largest absolute Gasteiger partial charge is 0.334 e. The van der Waals surface area contributed by atoms with Crippen LogP contribution in [0, 0.1) is 0 Å². The van der Waals surface area contributed by atoms with Crippen LogP contribution in [0.5, 0.6) is 0 Å².